The minimum absolute atomic E-state index is 0.00880. The summed E-state index contributed by atoms with van der Waals surface area (Å²) in [6, 6.07) is 7.44. The van der Waals surface area contributed by atoms with Gasteiger partial charge in [-0.15, -0.1) is 0 Å². The summed E-state index contributed by atoms with van der Waals surface area (Å²) in [7, 11) is -4.11. The van der Waals surface area contributed by atoms with Gasteiger partial charge in [0.05, 0.1) is 28.9 Å². The SMILES string of the molecule is Cc1ccc(S(=O)(=O)n2cc(-c3ncc(F)c(C[C@H]4C5CCC(CC5)[C@@H]4C(=O)O)n3)c3cc(F)cnc32)cc1. The lowest BCUT2D eigenvalue weighted by atomic mass is 9.57. The average Bonchev–Trinajstić information content (AvgIpc) is 3.30. The van der Waals surface area contributed by atoms with Gasteiger partial charge in [-0.05, 0) is 75.0 Å². The largest absolute Gasteiger partial charge is 0.481 e. The Labute approximate surface area is 223 Å². The molecular weight excluding hydrogens is 526 g/mol. The molecule has 1 N–H and O–H groups in total. The van der Waals surface area contributed by atoms with Crippen LogP contribution in [0, 0.1) is 42.2 Å². The highest BCUT2D eigenvalue weighted by molar-refractivity contribution is 7.90. The van der Waals surface area contributed by atoms with E-state index in [1.54, 1.807) is 12.1 Å². The third-order valence-corrected chi connectivity index (χ3v) is 9.98. The summed E-state index contributed by atoms with van der Waals surface area (Å²) < 4.78 is 57.3. The highest BCUT2D eigenvalue weighted by Gasteiger charge is 2.47. The zero-order valence-corrected chi connectivity index (χ0v) is 21.9. The number of rotatable bonds is 6. The first-order valence-corrected chi connectivity index (χ1v) is 14.3. The fourth-order valence-corrected chi connectivity index (χ4v) is 7.72. The van der Waals surface area contributed by atoms with E-state index >= 15 is 0 Å². The lowest BCUT2D eigenvalue weighted by Gasteiger charge is -2.46. The molecule has 3 heterocycles. The van der Waals surface area contributed by atoms with Crippen LogP contribution in [-0.2, 0) is 21.2 Å². The minimum Gasteiger partial charge on any atom is -0.481 e. The van der Waals surface area contributed by atoms with Crippen LogP contribution in [0.2, 0.25) is 0 Å². The third-order valence-electron chi connectivity index (χ3n) is 8.32. The van der Waals surface area contributed by atoms with Gasteiger partial charge in [-0.1, -0.05) is 17.7 Å². The predicted octanol–water partition coefficient (Wildman–Crippen LogP) is 5.00. The van der Waals surface area contributed by atoms with Crippen molar-refractivity contribution in [3.05, 3.63) is 71.8 Å². The van der Waals surface area contributed by atoms with Crippen LogP contribution in [0.1, 0.15) is 36.9 Å². The van der Waals surface area contributed by atoms with E-state index in [-0.39, 0.29) is 57.2 Å². The summed E-state index contributed by atoms with van der Waals surface area (Å²) in [5, 5.41) is 10.1. The van der Waals surface area contributed by atoms with Gasteiger partial charge in [-0.2, -0.15) is 0 Å². The fraction of sp³-hybridized carbons (Fsp3) is 0.357. The lowest BCUT2D eigenvalue weighted by molar-refractivity contribution is -0.152. The summed E-state index contributed by atoms with van der Waals surface area (Å²) in [6.45, 7) is 1.84. The fourth-order valence-electron chi connectivity index (χ4n) is 6.39. The predicted molar refractivity (Wildman–Crippen MR) is 138 cm³/mol. The van der Waals surface area contributed by atoms with Gasteiger partial charge in [-0.25, -0.2) is 36.1 Å². The van der Waals surface area contributed by atoms with Crippen molar-refractivity contribution in [1.29, 1.82) is 0 Å². The van der Waals surface area contributed by atoms with Gasteiger partial charge in [0.1, 0.15) is 5.82 Å². The second-order valence-electron chi connectivity index (χ2n) is 10.6. The highest BCUT2D eigenvalue weighted by Crippen LogP contribution is 2.50. The Kier molecular flexibility index (Phi) is 6.21. The maximum absolute atomic E-state index is 15.0. The molecule has 2 atom stereocenters. The standard InChI is InChI=1S/C28H26F2N4O4S/c1-15-2-8-19(9-3-15)39(37,38)34-14-22(21-10-18(29)12-32-27(21)34)26-31-13-23(30)24(33-26)11-20-16-4-6-17(7-5-16)25(20)28(35)36/h2-3,8-10,12-14,16-17,20,25H,4-7,11H2,1H3,(H,35,36)/t16?,17?,20-,25-/m0/s1. The molecule has 11 heteroatoms. The number of carbonyl (C=O) groups is 1. The van der Waals surface area contributed by atoms with Gasteiger partial charge in [0.25, 0.3) is 10.0 Å². The number of carboxylic acids is 1. The van der Waals surface area contributed by atoms with E-state index in [1.165, 1.54) is 18.3 Å². The van der Waals surface area contributed by atoms with Crippen molar-refractivity contribution in [2.24, 2.45) is 23.7 Å². The number of aryl methyl sites for hydroxylation is 1. The minimum atomic E-state index is -4.11. The van der Waals surface area contributed by atoms with Gasteiger partial charge in [0.15, 0.2) is 17.3 Å². The van der Waals surface area contributed by atoms with Gasteiger partial charge in [0, 0.05) is 17.1 Å². The van der Waals surface area contributed by atoms with Crippen LogP contribution in [0.25, 0.3) is 22.4 Å². The number of nitrogens with zero attached hydrogens (tertiary/aromatic N) is 4. The van der Waals surface area contributed by atoms with Crippen LogP contribution >= 0.6 is 0 Å². The second-order valence-corrected chi connectivity index (χ2v) is 12.4. The first-order valence-electron chi connectivity index (χ1n) is 12.9. The van der Waals surface area contributed by atoms with E-state index in [9.17, 15) is 27.1 Å². The molecule has 0 unspecified atom stereocenters. The maximum atomic E-state index is 15.0. The Morgan fingerprint density at radius 2 is 1.74 bits per heavy atom. The number of hydrogen-bond acceptors (Lipinski definition) is 6. The van der Waals surface area contributed by atoms with E-state index in [0.717, 1.165) is 53.7 Å². The van der Waals surface area contributed by atoms with Crippen molar-refractivity contribution >= 4 is 27.0 Å². The lowest BCUT2D eigenvalue weighted by Crippen LogP contribution is -2.45. The molecule has 8 nitrogen and oxygen atoms in total. The maximum Gasteiger partial charge on any atom is 0.307 e. The molecule has 3 saturated carbocycles. The molecule has 3 aliphatic rings. The number of fused-ring (bicyclic) bond motifs is 4. The van der Waals surface area contributed by atoms with Crippen LogP contribution in [0.15, 0.2) is 53.8 Å². The number of aromatic nitrogens is 4. The summed E-state index contributed by atoms with van der Waals surface area (Å²) in [6.07, 6.45) is 6.87. The van der Waals surface area contributed by atoms with E-state index in [4.69, 9.17) is 0 Å². The molecule has 0 spiro atoms. The number of hydrogen-bond donors (Lipinski definition) is 1. The normalized spacial score (nSPS) is 22.8. The summed E-state index contributed by atoms with van der Waals surface area (Å²) >= 11 is 0. The second kappa shape index (κ2) is 9.48. The molecule has 1 aromatic carbocycles. The third kappa shape index (κ3) is 4.38. The Bertz CT molecular complexity index is 1700. The van der Waals surface area contributed by atoms with Crippen LogP contribution in [0.4, 0.5) is 8.78 Å². The van der Waals surface area contributed by atoms with E-state index < -0.39 is 33.5 Å². The first kappa shape index (κ1) is 25.5. The molecule has 0 saturated heterocycles. The number of pyridine rings is 1. The van der Waals surface area contributed by atoms with Gasteiger partial charge in [0.2, 0.25) is 0 Å². The molecule has 202 valence electrons. The molecule has 2 bridgehead atoms. The molecule has 3 aromatic heterocycles. The molecule has 39 heavy (non-hydrogen) atoms. The molecule has 4 aromatic rings. The van der Waals surface area contributed by atoms with Crippen molar-refractivity contribution in [3.8, 4) is 11.4 Å². The smallest absolute Gasteiger partial charge is 0.307 e. The molecule has 3 fully saturated rings. The Morgan fingerprint density at radius 3 is 2.44 bits per heavy atom. The molecule has 0 amide bonds. The summed E-state index contributed by atoms with van der Waals surface area (Å²) in [5.74, 6) is -2.77. The zero-order chi connectivity index (χ0) is 27.5. The highest BCUT2D eigenvalue weighted by atomic mass is 32.2. The van der Waals surface area contributed by atoms with Crippen molar-refractivity contribution in [2.45, 2.75) is 43.9 Å². The van der Waals surface area contributed by atoms with Crippen LogP contribution < -0.4 is 0 Å². The molecule has 3 aliphatic carbocycles. The van der Waals surface area contributed by atoms with Crippen LogP contribution in [0.5, 0.6) is 0 Å². The molecule has 0 aliphatic heterocycles. The topological polar surface area (TPSA) is 115 Å². The first-order chi connectivity index (χ1) is 18.6. The van der Waals surface area contributed by atoms with Crippen molar-refractivity contribution in [2.75, 3.05) is 0 Å². The van der Waals surface area contributed by atoms with E-state index in [2.05, 4.69) is 15.0 Å². The average molecular weight is 553 g/mol. The molecule has 0 radical (unpaired) electrons. The number of halogens is 2. The summed E-state index contributed by atoms with van der Waals surface area (Å²) in [5.41, 5.74) is 1.11. The molecule has 7 rings (SSSR count). The zero-order valence-electron chi connectivity index (χ0n) is 21.1. The van der Waals surface area contributed by atoms with Crippen molar-refractivity contribution in [3.63, 3.8) is 0 Å². The van der Waals surface area contributed by atoms with Gasteiger partial charge < -0.3 is 5.11 Å². The number of benzene rings is 1. The van der Waals surface area contributed by atoms with Crippen LogP contribution in [-0.4, -0.2) is 38.4 Å². The quantitative estimate of drug-likeness (QED) is 0.358. The van der Waals surface area contributed by atoms with Crippen LogP contribution in [0.3, 0.4) is 0 Å². The van der Waals surface area contributed by atoms with Crippen molar-refractivity contribution < 1.29 is 27.1 Å². The van der Waals surface area contributed by atoms with E-state index in [1.807, 2.05) is 6.92 Å². The monoisotopic (exact) mass is 552 g/mol. The summed E-state index contributed by atoms with van der Waals surface area (Å²) in [4.78, 5) is 24.7. The Balaban J connectivity index is 1.44. The number of aliphatic carboxylic acids is 1. The van der Waals surface area contributed by atoms with Gasteiger partial charge >= 0.3 is 5.97 Å². The molecular formula is C28H26F2N4O4S. The Hall–Kier alpha value is -3.73. The number of carboxylic acid groups (broad SMARTS) is 1. The van der Waals surface area contributed by atoms with Gasteiger partial charge in [-0.3, -0.25) is 4.79 Å². The van der Waals surface area contributed by atoms with E-state index in [0.29, 0.717) is 0 Å². The van der Waals surface area contributed by atoms with Crippen molar-refractivity contribution in [1.82, 2.24) is 18.9 Å². The Morgan fingerprint density at radius 1 is 1.05 bits per heavy atom.